The third kappa shape index (κ3) is 3.45. The smallest absolute Gasteiger partial charge is 0.227 e. The molecule has 6 nitrogen and oxygen atoms in total. The molecule has 2 fully saturated rings. The molecule has 0 aliphatic carbocycles. The molecule has 0 bridgehead atoms. The van der Waals surface area contributed by atoms with Crippen LogP contribution < -0.4 is 5.73 Å². The Morgan fingerprint density at radius 1 is 1.42 bits per heavy atom. The average Bonchev–Trinajstić information content (AvgIpc) is 2.78. The molecule has 2 aliphatic heterocycles. The van der Waals surface area contributed by atoms with E-state index in [1.165, 1.54) is 0 Å². The van der Waals surface area contributed by atoms with Gasteiger partial charge in [-0.3, -0.25) is 9.59 Å². The molecular formula is C13H23N3O3. The van der Waals surface area contributed by atoms with Gasteiger partial charge in [0.25, 0.3) is 0 Å². The Morgan fingerprint density at radius 2 is 2.11 bits per heavy atom. The standard InChI is InChI=1S/C13H23N3O3/c1-19-7-6-16-9-10(8-12(16)17)13(18)15-4-2-11(14)3-5-15/h10-11H,2-9,14H2,1H3. The van der Waals surface area contributed by atoms with Gasteiger partial charge >= 0.3 is 0 Å². The van der Waals surface area contributed by atoms with E-state index in [1.807, 2.05) is 4.90 Å². The van der Waals surface area contributed by atoms with E-state index in [9.17, 15) is 9.59 Å². The molecule has 2 heterocycles. The van der Waals surface area contributed by atoms with Crippen molar-refractivity contribution in [3.8, 4) is 0 Å². The Balaban J connectivity index is 1.85. The molecular weight excluding hydrogens is 246 g/mol. The van der Waals surface area contributed by atoms with Crippen LogP contribution in [-0.2, 0) is 14.3 Å². The van der Waals surface area contributed by atoms with Gasteiger partial charge in [0, 0.05) is 45.8 Å². The summed E-state index contributed by atoms with van der Waals surface area (Å²) in [5.74, 6) is -0.0111. The monoisotopic (exact) mass is 269 g/mol. The van der Waals surface area contributed by atoms with Gasteiger partial charge in [-0.1, -0.05) is 0 Å². The molecule has 0 aromatic heterocycles. The predicted octanol–water partition coefficient (Wildman–Crippen LogP) is -0.569. The fourth-order valence-corrected chi connectivity index (χ4v) is 2.73. The predicted molar refractivity (Wildman–Crippen MR) is 70.4 cm³/mol. The normalized spacial score (nSPS) is 25.2. The highest BCUT2D eigenvalue weighted by Crippen LogP contribution is 2.21. The van der Waals surface area contributed by atoms with E-state index < -0.39 is 0 Å². The minimum Gasteiger partial charge on any atom is -0.383 e. The second kappa shape index (κ2) is 6.34. The SMILES string of the molecule is COCCN1CC(C(=O)N2CCC(N)CC2)CC1=O. The minimum absolute atomic E-state index is 0.0594. The van der Waals surface area contributed by atoms with Crippen molar-refractivity contribution in [2.75, 3.05) is 39.9 Å². The van der Waals surface area contributed by atoms with Gasteiger partial charge in [-0.25, -0.2) is 0 Å². The quantitative estimate of drug-likeness (QED) is 0.741. The van der Waals surface area contributed by atoms with Gasteiger partial charge < -0.3 is 20.3 Å². The lowest BCUT2D eigenvalue weighted by molar-refractivity contribution is -0.136. The highest BCUT2D eigenvalue weighted by Gasteiger charge is 2.36. The van der Waals surface area contributed by atoms with Crippen molar-refractivity contribution in [2.24, 2.45) is 11.7 Å². The maximum atomic E-state index is 12.3. The van der Waals surface area contributed by atoms with Crippen molar-refractivity contribution >= 4 is 11.8 Å². The molecule has 2 N–H and O–H groups in total. The first-order valence-corrected chi connectivity index (χ1v) is 6.93. The van der Waals surface area contributed by atoms with Gasteiger partial charge in [0.15, 0.2) is 0 Å². The third-order valence-electron chi connectivity index (χ3n) is 3.98. The van der Waals surface area contributed by atoms with E-state index in [1.54, 1.807) is 12.0 Å². The molecule has 0 aromatic rings. The molecule has 1 unspecified atom stereocenters. The van der Waals surface area contributed by atoms with Crippen LogP contribution in [0.3, 0.4) is 0 Å². The topological polar surface area (TPSA) is 75.9 Å². The molecule has 0 spiro atoms. The van der Waals surface area contributed by atoms with E-state index in [4.69, 9.17) is 10.5 Å². The van der Waals surface area contributed by atoms with Crippen LogP contribution in [0.1, 0.15) is 19.3 Å². The number of amides is 2. The average molecular weight is 269 g/mol. The Morgan fingerprint density at radius 3 is 2.74 bits per heavy atom. The van der Waals surface area contributed by atoms with Crippen LogP contribution in [0.15, 0.2) is 0 Å². The van der Waals surface area contributed by atoms with Crippen molar-refractivity contribution in [3.63, 3.8) is 0 Å². The minimum atomic E-state index is -0.182. The maximum absolute atomic E-state index is 12.3. The van der Waals surface area contributed by atoms with E-state index in [2.05, 4.69) is 0 Å². The first-order chi connectivity index (χ1) is 9.11. The summed E-state index contributed by atoms with van der Waals surface area (Å²) in [4.78, 5) is 27.7. The molecule has 1 atom stereocenters. The molecule has 108 valence electrons. The summed E-state index contributed by atoms with van der Waals surface area (Å²) < 4.78 is 4.97. The van der Waals surface area contributed by atoms with Gasteiger partial charge in [0.2, 0.25) is 11.8 Å². The number of hydrogen-bond acceptors (Lipinski definition) is 4. The van der Waals surface area contributed by atoms with Crippen LogP contribution in [0, 0.1) is 5.92 Å². The highest BCUT2D eigenvalue weighted by molar-refractivity contribution is 5.89. The van der Waals surface area contributed by atoms with Crippen LogP contribution >= 0.6 is 0 Å². The van der Waals surface area contributed by atoms with E-state index >= 15 is 0 Å². The first kappa shape index (κ1) is 14.3. The van der Waals surface area contributed by atoms with Crippen molar-refractivity contribution < 1.29 is 14.3 Å². The number of methoxy groups -OCH3 is 1. The number of rotatable bonds is 4. The Bertz CT molecular complexity index is 340. The highest BCUT2D eigenvalue weighted by atomic mass is 16.5. The molecule has 0 aromatic carbocycles. The molecule has 2 saturated heterocycles. The second-order valence-corrected chi connectivity index (χ2v) is 5.40. The van der Waals surface area contributed by atoms with E-state index in [-0.39, 0.29) is 23.8 Å². The van der Waals surface area contributed by atoms with Gasteiger partial charge in [0.05, 0.1) is 12.5 Å². The molecule has 2 rings (SSSR count). The third-order valence-corrected chi connectivity index (χ3v) is 3.98. The molecule has 0 radical (unpaired) electrons. The summed E-state index contributed by atoms with van der Waals surface area (Å²) in [5, 5.41) is 0. The molecule has 2 aliphatic rings. The lowest BCUT2D eigenvalue weighted by Crippen LogP contribution is -2.45. The van der Waals surface area contributed by atoms with Crippen molar-refractivity contribution in [1.29, 1.82) is 0 Å². The lowest BCUT2D eigenvalue weighted by Gasteiger charge is -2.31. The number of hydrogen-bond donors (Lipinski definition) is 1. The van der Waals surface area contributed by atoms with Crippen LogP contribution in [0.5, 0.6) is 0 Å². The van der Waals surface area contributed by atoms with Crippen molar-refractivity contribution in [1.82, 2.24) is 9.80 Å². The zero-order valence-electron chi connectivity index (χ0n) is 11.5. The summed E-state index contributed by atoms with van der Waals surface area (Å²) in [6, 6.07) is 0.215. The molecule has 2 amide bonds. The largest absolute Gasteiger partial charge is 0.383 e. The maximum Gasteiger partial charge on any atom is 0.227 e. The number of carbonyl (C=O) groups is 2. The number of carbonyl (C=O) groups excluding carboxylic acids is 2. The lowest BCUT2D eigenvalue weighted by atomic mass is 10.0. The zero-order valence-corrected chi connectivity index (χ0v) is 11.5. The van der Waals surface area contributed by atoms with Gasteiger partial charge in [0.1, 0.15) is 0 Å². The Kier molecular flexibility index (Phi) is 4.76. The van der Waals surface area contributed by atoms with E-state index in [0.717, 1.165) is 25.9 Å². The van der Waals surface area contributed by atoms with Crippen molar-refractivity contribution in [3.05, 3.63) is 0 Å². The zero-order chi connectivity index (χ0) is 13.8. The van der Waals surface area contributed by atoms with E-state index in [0.29, 0.717) is 26.1 Å². The fourth-order valence-electron chi connectivity index (χ4n) is 2.73. The molecule has 19 heavy (non-hydrogen) atoms. The second-order valence-electron chi connectivity index (χ2n) is 5.40. The first-order valence-electron chi connectivity index (χ1n) is 6.93. The van der Waals surface area contributed by atoms with Crippen molar-refractivity contribution in [2.45, 2.75) is 25.3 Å². The van der Waals surface area contributed by atoms with Gasteiger partial charge in [-0.05, 0) is 12.8 Å². The van der Waals surface area contributed by atoms with Gasteiger partial charge in [-0.15, -0.1) is 0 Å². The summed E-state index contributed by atoms with van der Waals surface area (Å²) >= 11 is 0. The van der Waals surface area contributed by atoms with Crippen LogP contribution in [0.25, 0.3) is 0 Å². The van der Waals surface area contributed by atoms with Gasteiger partial charge in [-0.2, -0.15) is 0 Å². The molecule has 6 heteroatoms. The number of ether oxygens (including phenoxy) is 1. The van der Waals surface area contributed by atoms with Crippen LogP contribution in [0.2, 0.25) is 0 Å². The molecule has 0 saturated carbocycles. The van der Waals surface area contributed by atoms with Crippen LogP contribution in [0.4, 0.5) is 0 Å². The summed E-state index contributed by atoms with van der Waals surface area (Å²) in [5.41, 5.74) is 5.84. The summed E-state index contributed by atoms with van der Waals surface area (Å²) in [7, 11) is 1.61. The number of likely N-dealkylation sites (tertiary alicyclic amines) is 2. The number of nitrogens with zero attached hydrogens (tertiary/aromatic N) is 2. The number of piperidine rings is 1. The Hall–Kier alpha value is -1.14. The summed E-state index contributed by atoms with van der Waals surface area (Å²) in [6.45, 7) is 3.07. The van der Waals surface area contributed by atoms with Crippen LogP contribution in [-0.4, -0.2) is 67.6 Å². The number of nitrogens with two attached hydrogens (primary N) is 1. The Labute approximate surface area is 113 Å². The fraction of sp³-hybridized carbons (Fsp3) is 0.846. The summed E-state index contributed by atoms with van der Waals surface area (Å²) in [6.07, 6.45) is 2.06.